The molecular formula is C13H21F2NO. The average molecular weight is 245 g/mol. The molecule has 3 fully saturated rings. The van der Waals surface area contributed by atoms with Crippen LogP contribution in [-0.2, 0) is 4.79 Å². The van der Waals surface area contributed by atoms with E-state index < -0.39 is 11.3 Å². The summed E-state index contributed by atoms with van der Waals surface area (Å²) in [7, 11) is 0. The Morgan fingerprint density at radius 1 is 1.18 bits per heavy atom. The molecule has 2 bridgehead atoms. The van der Waals surface area contributed by atoms with Crippen molar-refractivity contribution < 1.29 is 13.6 Å². The van der Waals surface area contributed by atoms with Crippen molar-refractivity contribution in [1.82, 2.24) is 5.32 Å². The monoisotopic (exact) mass is 245 g/mol. The smallest absolute Gasteiger partial charge is 0.251 e. The van der Waals surface area contributed by atoms with E-state index in [0.29, 0.717) is 25.7 Å². The van der Waals surface area contributed by atoms with Crippen molar-refractivity contribution in [1.29, 1.82) is 0 Å². The number of hydrogen-bond acceptors (Lipinski definition) is 1. The third-order valence-electron chi connectivity index (χ3n) is 4.06. The summed E-state index contributed by atoms with van der Waals surface area (Å²) in [4.78, 5) is 11.7. The normalized spacial score (nSPS) is 35.9. The zero-order chi connectivity index (χ0) is 13.1. The fourth-order valence-electron chi connectivity index (χ4n) is 3.21. The minimum atomic E-state index is -2.61. The van der Waals surface area contributed by atoms with E-state index in [1.165, 1.54) is 0 Å². The van der Waals surface area contributed by atoms with Crippen LogP contribution in [0.3, 0.4) is 0 Å². The van der Waals surface area contributed by atoms with Crippen LogP contribution in [0.4, 0.5) is 8.78 Å². The first-order valence-electron chi connectivity index (χ1n) is 6.16. The molecule has 0 unspecified atom stereocenters. The van der Waals surface area contributed by atoms with Gasteiger partial charge in [0.05, 0.1) is 0 Å². The molecule has 0 spiro atoms. The molecule has 3 rings (SSSR count). The number of halogens is 2. The van der Waals surface area contributed by atoms with Crippen LogP contribution >= 0.6 is 0 Å². The Balaban J connectivity index is 1.85. The van der Waals surface area contributed by atoms with Gasteiger partial charge in [-0.05, 0) is 31.6 Å². The van der Waals surface area contributed by atoms with Crippen LogP contribution < -0.4 is 5.32 Å². The molecule has 98 valence electrons. The Hall–Kier alpha value is -0.670. The molecule has 0 radical (unpaired) electrons. The summed E-state index contributed by atoms with van der Waals surface area (Å²) < 4.78 is 26.5. The standard InChI is InChI=1S/C13H21F2NO/c1-10(2,3)5-9(17)16-13-6-12(7-13,8-13)11(4,14)15/h5-8H2,1-4H3,(H,16,17). The lowest BCUT2D eigenvalue weighted by Gasteiger charge is -2.72. The Morgan fingerprint density at radius 2 is 1.65 bits per heavy atom. The molecule has 3 saturated carbocycles. The Kier molecular flexibility index (Phi) is 2.41. The van der Waals surface area contributed by atoms with Gasteiger partial charge < -0.3 is 5.32 Å². The van der Waals surface area contributed by atoms with Crippen LogP contribution in [-0.4, -0.2) is 17.4 Å². The van der Waals surface area contributed by atoms with Crippen molar-refractivity contribution in [3.63, 3.8) is 0 Å². The Bertz CT molecular complexity index is 332. The summed E-state index contributed by atoms with van der Waals surface area (Å²) in [5, 5.41) is 2.94. The minimum Gasteiger partial charge on any atom is -0.351 e. The summed E-state index contributed by atoms with van der Waals surface area (Å²) in [6.07, 6.45) is 1.78. The molecule has 1 N–H and O–H groups in total. The lowest BCUT2D eigenvalue weighted by molar-refractivity contribution is -0.275. The maximum atomic E-state index is 13.3. The zero-order valence-corrected chi connectivity index (χ0v) is 11.0. The largest absolute Gasteiger partial charge is 0.351 e. The van der Waals surface area contributed by atoms with Crippen LogP contribution in [0.15, 0.2) is 0 Å². The number of rotatable bonds is 3. The average Bonchev–Trinajstić information content (AvgIpc) is 1.86. The molecule has 3 aliphatic carbocycles. The highest BCUT2D eigenvalue weighted by Crippen LogP contribution is 2.72. The molecule has 0 heterocycles. The van der Waals surface area contributed by atoms with Gasteiger partial charge >= 0.3 is 0 Å². The fraction of sp³-hybridized carbons (Fsp3) is 0.923. The van der Waals surface area contributed by atoms with Crippen LogP contribution in [0.1, 0.15) is 53.4 Å². The highest BCUT2D eigenvalue weighted by molar-refractivity contribution is 5.78. The molecule has 0 aromatic heterocycles. The van der Waals surface area contributed by atoms with E-state index in [1.807, 2.05) is 20.8 Å². The topological polar surface area (TPSA) is 29.1 Å². The van der Waals surface area contributed by atoms with Crippen LogP contribution in [0, 0.1) is 10.8 Å². The summed E-state index contributed by atoms with van der Waals surface area (Å²) >= 11 is 0. The molecule has 3 aliphatic rings. The number of alkyl halides is 2. The number of amides is 1. The molecule has 0 aliphatic heterocycles. The Morgan fingerprint density at radius 3 is 2.00 bits per heavy atom. The number of nitrogens with one attached hydrogen (secondary N) is 1. The fourth-order valence-corrected chi connectivity index (χ4v) is 3.21. The van der Waals surface area contributed by atoms with Gasteiger partial charge in [0.25, 0.3) is 5.92 Å². The third kappa shape index (κ3) is 2.06. The molecule has 0 atom stereocenters. The van der Waals surface area contributed by atoms with E-state index in [-0.39, 0.29) is 16.9 Å². The lowest BCUT2D eigenvalue weighted by Crippen LogP contribution is -2.79. The number of carbonyl (C=O) groups excluding carboxylic acids is 1. The molecule has 0 saturated heterocycles. The summed E-state index contributed by atoms with van der Waals surface area (Å²) in [5.41, 5.74) is -1.18. The molecule has 0 aromatic carbocycles. The molecule has 0 aromatic rings. The van der Waals surface area contributed by atoms with Crippen molar-refractivity contribution in [2.45, 2.75) is 64.8 Å². The highest BCUT2D eigenvalue weighted by atomic mass is 19.3. The van der Waals surface area contributed by atoms with E-state index in [9.17, 15) is 13.6 Å². The van der Waals surface area contributed by atoms with Crippen molar-refractivity contribution in [3.05, 3.63) is 0 Å². The molecule has 4 heteroatoms. The second kappa shape index (κ2) is 3.21. The third-order valence-corrected chi connectivity index (χ3v) is 4.06. The van der Waals surface area contributed by atoms with Gasteiger partial charge in [0, 0.05) is 17.4 Å². The van der Waals surface area contributed by atoms with Crippen LogP contribution in [0.25, 0.3) is 0 Å². The van der Waals surface area contributed by atoms with Crippen molar-refractivity contribution in [3.8, 4) is 0 Å². The number of carbonyl (C=O) groups is 1. The molecular weight excluding hydrogens is 224 g/mol. The van der Waals surface area contributed by atoms with Gasteiger partial charge in [-0.15, -0.1) is 0 Å². The van der Waals surface area contributed by atoms with E-state index in [4.69, 9.17) is 0 Å². The maximum Gasteiger partial charge on any atom is 0.251 e. The van der Waals surface area contributed by atoms with Gasteiger partial charge in [0.1, 0.15) is 0 Å². The first-order valence-corrected chi connectivity index (χ1v) is 6.16. The van der Waals surface area contributed by atoms with Crippen molar-refractivity contribution in [2.24, 2.45) is 10.8 Å². The minimum absolute atomic E-state index is 0.00906. The summed E-state index contributed by atoms with van der Waals surface area (Å²) in [5.74, 6) is -2.62. The SMILES string of the molecule is CC(C)(C)CC(=O)NC12CC(C(C)(F)F)(C1)C2. The lowest BCUT2D eigenvalue weighted by atomic mass is 9.37. The predicted octanol–water partition coefficient (Wildman–Crippen LogP) is 3.12. The van der Waals surface area contributed by atoms with Crippen molar-refractivity contribution in [2.75, 3.05) is 0 Å². The van der Waals surface area contributed by atoms with Gasteiger partial charge in [-0.25, -0.2) is 8.78 Å². The summed E-state index contributed by atoms with van der Waals surface area (Å²) in [6.45, 7) is 6.98. The van der Waals surface area contributed by atoms with Gasteiger partial charge in [-0.3, -0.25) is 4.79 Å². The van der Waals surface area contributed by atoms with E-state index in [2.05, 4.69) is 5.32 Å². The quantitative estimate of drug-likeness (QED) is 0.813. The molecule has 2 nitrogen and oxygen atoms in total. The second-order valence-corrected chi connectivity index (χ2v) is 7.26. The second-order valence-electron chi connectivity index (χ2n) is 7.26. The Labute approximate surface area is 101 Å². The summed E-state index contributed by atoms with van der Waals surface area (Å²) in [6, 6.07) is 0. The zero-order valence-electron chi connectivity index (χ0n) is 11.0. The highest BCUT2D eigenvalue weighted by Gasteiger charge is 2.76. The van der Waals surface area contributed by atoms with Gasteiger partial charge in [0.15, 0.2) is 0 Å². The maximum absolute atomic E-state index is 13.3. The number of hydrogen-bond donors (Lipinski definition) is 1. The van der Waals surface area contributed by atoms with E-state index >= 15 is 0 Å². The van der Waals surface area contributed by atoms with Crippen molar-refractivity contribution >= 4 is 5.91 Å². The van der Waals surface area contributed by atoms with Gasteiger partial charge in [0.2, 0.25) is 5.91 Å². The van der Waals surface area contributed by atoms with E-state index in [1.54, 1.807) is 0 Å². The van der Waals surface area contributed by atoms with Crippen LogP contribution in [0.5, 0.6) is 0 Å². The first-order chi connectivity index (χ1) is 7.47. The first kappa shape index (κ1) is 12.8. The van der Waals surface area contributed by atoms with Crippen LogP contribution in [0.2, 0.25) is 0 Å². The van der Waals surface area contributed by atoms with Gasteiger partial charge in [-0.2, -0.15) is 0 Å². The predicted molar refractivity (Wildman–Crippen MR) is 61.9 cm³/mol. The van der Waals surface area contributed by atoms with Gasteiger partial charge in [-0.1, -0.05) is 20.8 Å². The molecule has 1 amide bonds. The molecule has 17 heavy (non-hydrogen) atoms. The van der Waals surface area contributed by atoms with E-state index in [0.717, 1.165) is 6.92 Å².